The number of carbonyl (C=O) groups excluding carboxylic acids is 1. The van der Waals surface area contributed by atoms with E-state index in [4.69, 9.17) is 0 Å². The fraction of sp³-hybridized carbons (Fsp3) is 0.467. The van der Waals surface area contributed by atoms with Crippen molar-refractivity contribution >= 4 is 17.7 Å². The first-order valence-electron chi connectivity index (χ1n) is 7.02. The molecule has 5 nitrogen and oxygen atoms in total. The van der Waals surface area contributed by atoms with Crippen molar-refractivity contribution in [2.75, 3.05) is 18.4 Å². The average molecular weight is 294 g/mol. The number of nitrogens with one attached hydrogen (secondary N) is 1. The van der Waals surface area contributed by atoms with Crippen molar-refractivity contribution in [1.29, 1.82) is 0 Å². The van der Waals surface area contributed by atoms with Crippen LogP contribution in [0.25, 0.3) is 0 Å². The van der Waals surface area contributed by atoms with Crippen molar-refractivity contribution in [3.8, 4) is 0 Å². The molecule has 0 bridgehead atoms. The molecule has 114 valence electrons. The molecule has 0 spiro atoms. The van der Waals surface area contributed by atoms with Crippen LogP contribution in [0.3, 0.4) is 0 Å². The molecule has 0 aromatic heterocycles. The predicted octanol–water partition coefficient (Wildman–Crippen LogP) is 2.93. The van der Waals surface area contributed by atoms with Gasteiger partial charge in [0.25, 0.3) is 0 Å². The molecular weight excluding hydrogens is 275 g/mol. The van der Waals surface area contributed by atoms with Gasteiger partial charge in [-0.05, 0) is 25.0 Å². The normalized spacial score (nSPS) is 21.3. The van der Waals surface area contributed by atoms with E-state index >= 15 is 0 Å². The highest BCUT2D eigenvalue weighted by molar-refractivity contribution is 5.90. The molecule has 1 heterocycles. The predicted molar refractivity (Wildman–Crippen MR) is 76.6 cm³/mol. The molecule has 1 unspecified atom stereocenters. The van der Waals surface area contributed by atoms with Crippen molar-refractivity contribution in [3.63, 3.8) is 0 Å². The summed E-state index contributed by atoms with van der Waals surface area (Å²) in [6, 6.07) is 5.44. The van der Waals surface area contributed by atoms with E-state index in [9.17, 15) is 19.1 Å². The van der Waals surface area contributed by atoms with Gasteiger partial charge >= 0.3 is 12.0 Å². The van der Waals surface area contributed by atoms with Crippen molar-refractivity contribution in [2.24, 2.45) is 5.41 Å². The molecule has 2 rings (SSSR count). The Labute approximate surface area is 122 Å². The summed E-state index contributed by atoms with van der Waals surface area (Å²) >= 11 is 0. The van der Waals surface area contributed by atoms with Crippen LogP contribution < -0.4 is 5.32 Å². The molecular formula is C15H19FN2O3. The van der Waals surface area contributed by atoms with Crippen LogP contribution in [0.15, 0.2) is 24.3 Å². The zero-order chi connectivity index (χ0) is 15.5. The molecule has 1 saturated heterocycles. The number of benzene rings is 1. The van der Waals surface area contributed by atoms with Crippen molar-refractivity contribution in [3.05, 3.63) is 30.1 Å². The number of aliphatic carboxylic acids is 1. The Morgan fingerprint density at radius 1 is 1.43 bits per heavy atom. The van der Waals surface area contributed by atoms with E-state index in [1.807, 2.05) is 6.92 Å². The second-order valence-electron chi connectivity index (χ2n) is 5.42. The number of carbonyl (C=O) groups is 2. The second kappa shape index (κ2) is 6.11. The number of amides is 2. The Bertz CT molecular complexity index is 549. The highest BCUT2D eigenvalue weighted by atomic mass is 19.1. The number of hydrogen-bond acceptors (Lipinski definition) is 2. The fourth-order valence-corrected chi connectivity index (χ4v) is 2.77. The molecule has 2 amide bonds. The zero-order valence-corrected chi connectivity index (χ0v) is 11.9. The van der Waals surface area contributed by atoms with Crippen molar-refractivity contribution < 1.29 is 19.1 Å². The average Bonchev–Trinajstić information content (AvgIpc) is 2.87. The van der Waals surface area contributed by atoms with E-state index in [2.05, 4.69) is 5.32 Å². The minimum Gasteiger partial charge on any atom is -0.481 e. The smallest absolute Gasteiger partial charge is 0.321 e. The van der Waals surface area contributed by atoms with Gasteiger partial charge in [-0.2, -0.15) is 0 Å². The molecule has 1 aliphatic rings. The van der Waals surface area contributed by atoms with Crippen LogP contribution in [0.5, 0.6) is 0 Å². The van der Waals surface area contributed by atoms with Crippen LogP contribution in [0.1, 0.15) is 26.2 Å². The molecule has 1 atom stereocenters. The Kier molecular flexibility index (Phi) is 4.45. The molecule has 0 radical (unpaired) electrons. The Hall–Kier alpha value is -2.11. The highest BCUT2D eigenvalue weighted by Crippen LogP contribution is 2.35. The van der Waals surface area contributed by atoms with E-state index in [0.717, 1.165) is 6.42 Å². The molecule has 1 aromatic rings. The lowest BCUT2D eigenvalue weighted by Gasteiger charge is -2.24. The van der Waals surface area contributed by atoms with Crippen LogP contribution in [0.4, 0.5) is 14.9 Å². The highest BCUT2D eigenvalue weighted by Gasteiger charge is 2.45. The lowest BCUT2D eigenvalue weighted by molar-refractivity contribution is -0.148. The monoisotopic (exact) mass is 294 g/mol. The molecule has 21 heavy (non-hydrogen) atoms. The summed E-state index contributed by atoms with van der Waals surface area (Å²) in [6.07, 6.45) is 1.71. The lowest BCUT2D eigenvalue weighted by atomic mass is 9.83. The number of halogens is 1. The largest absolute Gasteiger partial charge is 0.481 e. The van der Waals surface area contributed by atoms with E-state index in [1.165, 1.54) is 23.1 Å². The van der Waals surface area contributed by atoms with Gasteiger partial charge in [0, 0.05) is 13.1 Å². The summed E-state index contributed by atoms with van der Waals surface area (Å²) < 4.78 is 13.5. The second-order valence-corrected chi connectivity index (χ2v) is 5.42. The molecule has 0 aliphatic carbocycles. The Morgan fingerprint density at radius 2 is 2.14 bits per heavy atom. The Morgan fingerprint density at radius 3 is 2.76 bits per heavy atom. The number of carboxylic acids is 1. The van der Waals surface area contributed by atoms with Gasteiger partial charge in [0.1, 0.15) is 5.82 Å². The van der Waals surface area contributed by atoms with Gasteiger partial charge in [0.05, 0.1) is 11.1 Å². The fourth-order valence-electron chi connectivity index (χ4n) is 2.77. The zero-order valence-electron chi connectivity index (χ0n) is 11.9. The van der Waals surface area contributed by atoms with E-state index in [1.54, 1.807) is 6.07 Å². The summed E-state index contributed by atoms with van der Waals surface area (Å²) in [5, 5.41) is 11.9. The van der Waals surface area contributed by atoms with Gasteiger partial charge in [0.15, 0.2) is 0 Å². The van der Waals surface area contributed by atoms with Gasteiger partial charge in [-0.15, -0.1) is 0 Å². The van der Waals surface area contributed by atoms with Crippen LogP contribution in [0.2, 0.25) is 0 Å². The summed E-state index contributed by atoms with van der Waals surface area (Å²) in [5.41, 5.74) is -0.771. The third-order valence-corrected chi connectivity index (χ3v) is 3.94. The van der Waals surface area contributed by atoms with Gasteiger partial charge in [-0.1, -0.05) is 25.5 Å². The van der Waals surface area contributed by atoms with Crippen molar-refractivity contribution in [2.45, 2.75) is 26.2 Å². The minimum absolute atomic E-state index is 0.103. The van der Waals surface area contributed by atoms with E-state index in [-0.39, 0.29) is 12.2 Å². The first kappa shape index (κ1) is 15.3. The Balaban J connectivity index is 2.05. The number of urea groups is 1. The summed E-state index contributed by atoms with van der Waals surface area (Å²) in [6.45, 7) is 2.45. The van der Waals surface area contributed by atoms with Crippen LogP contribution in [-0.2, 0) is 4.79 Å². The number of nitrogens with zero attached hydrogens (tertiary/aromatic N) is 1. The number of rotatable bonds is 4. The lowest BCUT2D eigenvalue weighted by Crippen LogP contribution is -2.38. The van der Waals surface area contributed by atoms with Crippen LogP contribution in [-0.4, -0.2) is 35.1 Å². The van der Waals surface area contributed by atoms with Crippen LogP contribution >= 0.6 is 0 Å². The molecule has 1 aliphatic heterocycles. The van der Waals surface area contributed by atoms with Crippen LogP contribution in [0, 0.1) is 11.2 Å². The van der Waals surface area contributed by atoms with Gasteiger partial charge < -0.3 is 15.3 Å². The summed E-state index contributed by atoms with van der Waals surface area (Å²) in [4.78, 5) is 25.1. The summed E-state index contributed by atoms with van der Waals surface area (Å²) in [5.74, 6) is -1.38. The quantitative estimate of drug-likeness (QED) is 0.897. The number of anilines is 1. The number of hydrogen-bond donors (Lipinski definition) is 2. The topological polar surface area (TPSA) is 69.6 Å². The van der Waals surface area contributed by atoms with Crippen molar-refractivity contribution in [1.82, 2.24) is 4.90 Å². The minimum atomic E-state index is -0.874. The van der Waals surface area contributed by atoms with Gasteiger partial charge in [-0.25, -0.2) is 9.18 Å². The van der Waals surface area contributed by atoms with Gasteiger partial charge in [-0.3, -0.25) is 4.79 Å². The third-order valence-electron chi connectivity index (χ3n) is 3.94. The molecule has 1 fully saturated rings. The first-order valence-corrected chi connectivity index (χ1v) is 7.02. The number of para-hydroxylation sites is 1. The van der Waals surface area contributed by atoms with E-state index in [0.29, 0.717) is 19.4 Å². The first-order chi connectivity index (χ1) is 9.98. The standard InChI is InChI=1S/C15H19FN2O3/c1-2-7-15(13(19)20)8-9-18(10-15)14(21)17-12-6-4-3-5-11(12)16/h3-6H,2,7-10H2,1H3,(H,17,21)(H,19,20). The molecule has 1 aromatic carbocycles. The number of carboxylic acid groups (broad SMARTS) is 1. The summed E-state index contributed by atoms with van der Waals surface area (Å²) in [7, 11) is 0. The van der Waals surface area contributed by atoms with E-state index < -0.39 is 23.2 Å². The maximum Gasteiger partial charge on any atom is 0.321 e. The molecule has 6 heteroatoms. The third kappa shape index (κ3) is 3.15. The molecule has 0 saturated carbocycles. The number of likely N-dealkylation sites (tertiary alicyclic amines) is 1. The maximum absolute atomic E-state index is 13.5. The van der Waals surface area contributed by atoms with Gasteiger partial charge in [0.2, 0.25) is 0 Å². The SMILES string of the molecule is CCCC1(C(=O)O)CCN(C(=O)Nc2ccccc2F)C1. The maximum atomic E-state index is 13.5. The molecule has 2 N–H and O–H groups in total.